The van der Waals surface area contributed by atoms with Gasteiger partial charge in [-0.2, -0.15) is 5.10 Å². The molecule has 3 rings (SSSR count). The average Bonchev–Trinajstić information content (AvgIpc) is 2.73. The van der Waals surface area contributed by atoms with Gasteiger partial charge in [-0.3, -0.25) is 4.79 Å². The lowest BCUT2D eigenvalue weighted by Gasteiger charge is -2.25. The van der Waals surface area contributed by atoms with Crippen LogP contribution in [0.5, 0.6) is 0 Å². The molecular weight excluding hydrogens is 288 g/mol. The van der Waals surface area contributed by atoms with Crippen molar-refractivity contribution in [1.29, 1.82) is 0 Å². The second-order valence-corrected chi connectivity index (χ2v) is 7.04. The third-order valence-corrected chi connectivity index (χ3v) is 4.30. The number of nitrogens with zero attached hydrogens (tertiary/aromatic N) is 2. The maximum Gasteiger partial charge on any atom is 0.135 e. The highest BCUT2D eigenvalue weighted by molar-refractivity contribution is 5.78. The van der Waals surface area contributed by atoms with E-state index in [0.717, 1.165) is 5.92 Å². The third-order valence-electron chi connectivity index (χ3n) is 4.30. The zero-order chi connectivity index (χ0) is 17.0. The number of hydrogen-bond acceptors (Lipinski definition) is 3. The van der Waals surface area contributed by atoms with E-state index in [1.807, 2.05) is 16.8 Å². The van der Waals surface area contributed by atoms with Crippen molar-refractivity contribution in [2.24, 2.45) is 0 Å². The van der Waals surface area contributed by atoms with Gasteiger partial charge in [0.2, 0.25) is 0 Å². The van der Waals surface area contributed by atoms with E-state index >= 15 is 0 Å². The number of fused-ring (bicyclic) bond motifs is 1. The van der Waals surface area contributed by atoms with E-state index in [0.29, 0.717) is 6.42 Å². The number of hydrogen-bond donors (Lipinski definition) is 1. The van der Waals surface area contributed by atoms with Crippen LogP contribution in [0.3, 0.4) is 0 Å². The van der Waals surface area contributed by atoms with E-state index in [2.05, 4.69) is 24.2 Å². The average molecular weight is 316 g/mol. The predicted molar refractivity (Wildman–Crippen MR) is 92.7 cm³/mol. The molecule has 2 heterocycles. The number of aliphatic hydroxyl groups is 1. The van der Waals surface area contributed by atoms with E-state index in [-0.39, 0.29) is 12.2 Å². The van der Waals surface area contributed by atoms with Crippen LogP contribution in [0.15, 0.2) is 24.4 Å². The molecule has 0 bridgehead atoms. The van der Waals surface area contributed by atoms with Crippen LogP contribution in [0.2, 0.25) is 0 Å². The molecule has 126 valence electrons. The molecule has 2 aromatic rings. The van der Waals surface area contributed by atoms with Crippen molar-refractivity contribution in [3.05, 3.63) is 35.7 Å². The Morgan fingerprint density at radius 2 is 2.09 bits per heavy atom. The normalized spacial score (nSPS) is 15.0. The van der Waals surface area contributed by atoms with Crippen LogP contribution in [0.4, 0.5) is 0 Å². The lowest BCUT2D eigenvalue weighted by molar-refractivity contribution is -0.122. The predicted octanol–water partition coefficient (Wildman–Crippen LogP) is 4.04. The van der Waals surface area contributed by atoms with Crippen molar-refractivity contribution < 1.29 is 9.90 Å². The molecule has 0 unspecified atom stereocenters. The number of ketones is 1. The Morgan fingerprint density at radius 3 is 2.57 bits per heavy atom. The van der Waals surface area contributed by atoms with Gasteiger partial charge in [0.1, 0.15) is 5.78 Å². The SMILES string of the molecule is CCC(=O)CC(C)(C)O.Cc1nn2ccccc2c1C1CCC1. The first kappa shape index (κ1) is 17.7. The monoisotopic (exact) mass is 316 g/mol. The summed E-state index contributed by atoms with van der Waals surface area (Å²) in [5, 5.41) is 13.6. The second-order valence-electron chi connectivity index (χ2n) is 7.04. The summed E-state index contributed by atoms with van der Waals surface area (Å²) in [6.07, 6.45) is 6.89. The van der Waals surface area contributed by atoms with Crippen molar-refractivity contribution in [1.82, 2.24) is 9.61 Å². The Hall–Kier alpha value is -1.68. The smallest absolute Gasteiger partial charge is 0.135 e. The first-order valence-electron chi connectivity index (χ1n) is 8.49. The van der Waals surface area contributed by atoms with Crippen LogP contribution in [0.1, 0.15) is 70.1 Å². The van der Waals surface area contributed by atoms with Gasteiger partial charge < -0.3 is 5.11 Å². The van der Waals surface area contributed by atoms with Gasteiger partial charge >= 0.3 is 0 Å². The van der Waals surface area contributed by atoms with Crippen molar-refractivity contribution in [3.63, 3.8) is 0 Å². The number of carbonyl (C=O) groups excluding carboxylic acids is 1. The first-order chi connectivity index (χ1) is 10.8. The molecule has 1 aliphatic carbocycles. The summed E-state index contributed by atoms with van der Waals surface area (Å²) in [6, 6.07) is 6.30. The Bertz CT molecular complexity index is 664. The lowest BCUT2D eigenvalue weighted by Crippen LogP contribution is -2.22. The van der Waals surface area contributed by atoms with Gasteiger partial charge in [0.25, 0.3) is 0 Å². The number of aryl methyl sites for hydroxylation is 1. The molecular formula is C19H28N2O2. The minimum Gasteiger partial charge on any atom is -0.390 e. The van der Waals surface area contributed by atoms with Crippen molar-refractivity contribution in [2.75, 3.05) is 0 Å². The Labute approximate surface area is 138 Å². The van der Waals surface area contributed by atoms with E-state index in [1.165, 1.54) is 36.0 Å². The van der Waals surface area contributed by atoms with Crippen molar-refractivity contribution in [3.8, 4) is 0 Å². The highest BCUT2D eigenvalue weighted by Gasteiger charge is 2.24. The summed E-state index contributed by atoms with van der Waals surface area (Å²) in [5.74, 6) is 0.886. The fourth-order valence-electron chi connectivity index (χ4n) is 2.94. The summed E-state index contributed by atoms with van der Waals surface area (Å²) >= 11 is 0. The number of pyridine rings is 1. The standard InChI is InChI=1S/C12H14N2.C7H14O2/c1-9-12(10-5-4-6-10)11-7-2-3-8-14(11)13-9;1-4-6(8)5-7(2,3)9/h2-3,7-8,10H,4-6H2,1H3;9H,4-5H2,1-3H3. The number of carbonyl (C=O) groups is 1. The van der Waals surface area contributed by atoms with Gasteiger partial charge in [0.05, 0.1) is 16.8 Å². The fraction of sp³-hybridized carbons (Fsp3) is 0.579. The largest absolute Gasteiger partial charge is 0.390 e. The van der Waals surface area contributed by atoms with Crippen LogP contribution in [-0.2, 0) is 4.79 Å². The molecule has 0 spiro atoms. The molecule has 1 aliphatic rings. The number of aromatic nitrogens is 2. The molecule has 23 heavy (non-hydrogen) atoms. The second kappa shape index (κ2) is 7.26. The summed E-state index contributed by atoms with van der Waals surface area (Å²) in [4.78, 5) is 10.7. The summed E-state index contributed by atoms with van der Waals surface area (Å²) in [6.45, 7) is 7.20. The molecule has 2 aromatic heterocycles. The van der Waals surface area contributed by atoms with E-state index < -0.39 is 5.60 Å². The highest BCUT2D eigenvalue weighted by Crippen LogP contribution is 2.39. The topological polar surface area (TPSA) is 54.6 Å². The zero-order valence-corrected chi connectivity index (χ0v) is 14.7. The van der Waals surface area contributed by atoms with Gasteiger partial charge in [-0.25, -0.2) is 4.52 Å². The first-order valence-corrected chi connectivity index (χ1v) is 8.49. The molecule has 1 N–H and O–H groups in total. The number of rotatable bonds is 4. The molecule has 0 aromatic carbocycles. The van der Waals surface area contributed by atoms with Gasteiger partial charge in [0.15, 0.2) is 0 Å². The molecule has 4 nitrogen and oxygen atoms in total. The van der Waals surface area contributed by atoms with Crippen LogP contribution in [0.25, 0.3) is 5.52 Å². The van der Waals surface area contributed by atoms with Crippen LogP contribution >= 0.6 is 0 Å². The Morgan fingerprint density at radius 1 is 1.39 bits per heavy atom. The van der Waals surface area contributed by atoms with Crippen LogP contribution in [0, 0.1) is 6.92 Å². The van der Waals surface area contributed by atoms with E-state index in [9.17, 15) is 4.79 Å². The van der Waals surface area contributed by atoms with Gasteiger partial charge in [-0.15, -0.1) is 0 Å². The number of Topliss-reactive ketones (excluding diaryl/α,β-unsaturated/α-hetero) is 1. The zero-order valence-electron chi connectivity index (χ0n) is 14.7. The molecule has 4 heteroatoms. The molecule has 0 atom stereocenters. The maximum atomic E-state index is 10.7. The summed E-state index contributed by atoms with van der Waals surface area (Å²) in [5.41, 5.74) is 3.17. The molecule has 1 saturated carbocycles. The fourth-order valence-corrected chi connectivity index (χ4v) is 2.94. The summed E-state index contributed by atoms with van der Waals surface area (Å²) in [7, 11) is 0. The van der Waals surface area contributed by atoms with Crippen LogP contribution < -0.4 is 0 Å². The van der Waals surface area contributed by atoms with E-state index in [4.69, 9.17) is 5.11 Å². The van der Waals surface area contributed by atoms with Gasteiger partial charge in [-0.05, 0) is 51.7 Å². The molecule has 0 saturated heterocycles. The quantitative estimate of drug-likeness (QED) is 0.926. The summed E-state index contributed by atoms with van der Waals surface area (Å²) < 4.78 is 2.00. The van der Waals surface area contributed by atoms with Crippen molar-refractivity contribution >= 4 is 11.3 Å². The molecule has 0 amide bonds. The molecule has 1 fully saturated rings. The van der Waals surface area contributed by atoms with Gasteiger partial charge in [0, 0.05) is 24.6 Å². The maximum absolute atomic E-state index is 10.7. The Balaban J connectivity index is 0.000000188. The van der Waals surface area contributed by atoms with Gasteiger partial charge in [-0.1, -0.05) is 19.4 Å². The highest BCUT2D eigenvalue weighted by atomic mass is 16.3. The van der Waals surface area contributed by atoms with E-state index in [1.54, 1.807) is 20.8 Å². The molecule has 0 radical (unpaired) electrons. The lowest BCUT2D eigenvalue weighted by atomic mass is 9.79. The minimum atomic E-state index is -0.826. The Kier molecular flexibility index (Phi) is 5.58. The molecule has 0 aliphatic heterocycles. The van der Waals surface area contributed by atoms with Crippen LogP contribution in [-0.4, -0.2) is 26.1 Å². The third kappa shape index (κ3) is 4.64. The minimum absolute atomic E-state index is 0.113. The van der Waals surface area contributed by atoms with Crippen molar-refractivity contribution in [2.45, 2.75) is 71.3 Å².